The Labute approximate surface area is 194 Å². The number of benzene rings is 2. The summed E-state index contributed by atoms with van der Waals surface area (Å²) in [5, 5.41) is 18.3. The van der Waals surface area contributed by atoms with Crippen LogP contribution in [0.3, 0.4) is 0 Å². The second kappa shape index (κ2) is 8.39. The van der Waals surface area contributed by atoms with E-state index in [-0.39, 0.29) is 28.0 Å². The number of rotatable bonds is 4. The van der Waals surface area contributed by atoms with E-state index < -0.39 is 10.8 Å². The standard InChI is InChI=1S/C19H12ClN5O3S2.ClH/c20-15-11-3-2-10(25(27)28)8-13(11)29-16(15)18(26)24-19-23-12-4-1-9(7-14(12)30-19)17-21-5-6-22-17;/h1-4,7-8H,5-6H2,(H,21,22)(H,23,24,26);1H. The molecule has 0 atom stereocenters. The first kappa shape index (κ1) is 21.4. The summed E-state index contributed by atoms with van der Waals surface area (Å²) in [7, 11) is 0. The number of nitro groups is 1. The molecule has 31 heavy (non-hydrogen) atoms. The van der Waals surface area contributed by atoms with Gasteiger partial charge in [-0.15, -0.1) is 23.7 Å². The number of anilines is 1. The third-order valence-electron chi connectivity index (χ3n) is 4.59. The van der Waals surface area contributed by atoms with Gasteiger partial charge in [-0.05, 0) is 24.3 Å². The first-order valence-electron chi connectivity index (χ1n) is 8.87. The first-order chi connectivity index (χ1) is 14.5. The molecule has 5 rings (SSSR count). The number of carbonyl (C=O) groups is 1. The third kappa shape index (κ3) is 3.94. The smallest absolute Gasteiger partial charge is 0.270 e. The molecule has 1 amide bonds. The zero-order chi connectivity index (χ0) is 20.8. The Bertz CT molecular complexity index is 1380. The summed E-state index contributed by atoms with van der Waals surface area (Å²) in [4.78, 5) is 32.5. The van der Waals surface area contributed by atoms with Crippen molar-refractivity contribution < 1.29 is 9.72 Å². The molecule has 0 fully saturated rings. The number of amides is 1. The van der Waals surface area contributed by atoms with E-state index in [0.717, 1.165) is 46.0 Å². The second-order valence-corrected chi connectivity index (χ2v) is 8.96. The van der Waals surface area contributed by atoms with Gasteiger partial charge in [-0.1, -0.05) is 22.9 Å². The van der Waals surface area contributed by atoms with Crippen LogP contribution in [0.5, 0.6) is 0 Å². The Kier molecular flexibility index (Phi) is 5.80. The van der Waals surface area contributed by atoms with E-state index in [1.807, 2.05) is 18.2 Å². The maximum Gasteiger partial charge on any atom is 0.270 e. The van der Waals surface area contributed by atoms with Crippen LogP contribution >= 0.6 is 46.7 Å². The van der Waals surface area contributed by atoms with Gasteiger partial charge in [-0.3, -0.25) is 25.2 Å². The number of non-ortho nitro benzene ring substituents is 1. The van der Waals surface area contributed by atoms with Gasteiger partial charge in [0.1, 0.15) is 10.7 Å². The average molecular weight is 494 g/mol. The number of carbonyl (C=O) groups excluding carboxylic acids is 1. The van der Waals surface area contributed by atoms with E-state index in [2.05, 4.69) is 20.6 Å². The number of aromatic nitrogens is 1. The fraction of sp³-hybridized carbons (Fsp3) is 0.105. The number of fused-ring (bicyclic) bond motifs is 2. The molecule has 2 aromatic carbocycles. The summed E-state index contributed by atoms with van der Waals surface area (Å²) >= 11 is 8.84. The summed E-state index contributed by atoms with van der Waals surface area (Å²) in [5.41, 5.74) is 1.71. The van der Waals surface area contributed by atoms with Gasteiger partial charge in [0.15, 0.2) is 5.13 Å². The maximum absolute atomic E-state index is 12.8. The number of nitrogens with zero attached hydrogens (tertiary/aromatic N) is 3. The van der Waals surface area contributed by atoms with Crippen molar-refractivity contribution in [2.24, 2.45) is 4.99 Å². The maximum atomic E-state index is 12.8. The molecule has 4 aromatic rings. The van der Waals surface area contributed by atoms with Gasteiger partial charge in [-0.25, -0.2) is 4.98 Å². The Morgan fingerprint density at radius 2 is 2.03 bits per heavy atom. The molecular weight excluding hydrogens is 481 g/mol. The summed E-state index contributed by atoms with van der Waals surface area (Å²) in [6.45, 7) is 1.59. The zero-order valence-corrected chi connectivity index (χ0v) is 18.8. The summed E-state index contributed by atoms with van der Waals surface area (Å²) in [5.74, 6) is 0.465. The first-order valence-corrected chi connectivity index (χ1v) is 10.9. The van der Waals surface area contributed by atoms with Gasteiger partial charge in [0.2, 0.25) is 0 Å². The molecule has 0 aliphatic carbocycles. The Balaban J connectivity index is 0.00000231. The largest absolute Gasteiger partial charge is 0.368 e. The van der Waals surface area contributed by atoms with E-state index in [1.54, 1.807) is 6.07 Å². The molecule has 2 aromatic heterocycles. The Morgan fingerprint density at radius 3 is 2.77 bits per heavy atom. The summed E-state index contributed by atoms with van der Waals surface area (Å²) in [6, 6.07) is 10.2. The number of halogens is 2. The normalized spacial score (nSPS) is 13.0. The molecular formula is C19H13Cl2N5O3S2. The lowest BCUT2D eigenvalue weighted by atomic mass is 10.2. The van der Waals surface area contributed by atoms with E-state index in [4.69, 9.17) is 11.6 Å². The van der Waals surface area contributed by atoms with Gasteiger partial charge in [0, 0.05) is 34.3 Å². The molecule has 0 spiro atoms. The van der Waals surface area contributed by atoms with Crippen molar-refractivity contribution in [1.82, 2.24) is 10.3 Å². The minimum absolute atomic E-state index is 0. The third-order valence-corrected chi connectivity index (χ3v) is 7.18. The van der Waals surface area contributed by atoms with Crippen LogP contribution in [0, 0.1) is 10.1 Å². The van der Waals surface area contributed by atoms with E-state index in [0.29, 0.717) is 15.2 Å². The second-order valence-electron chi connectivity index (χ2n) is 6.50. The van der Waals surface area contributed by atoms with Crippen molar-refractivity contribution in [3.05, 3.63) is 62.0 Å². The number of hydrogen-bond donors (Lipinski definition) is 2. The van der Waals surface area contributed by atoms with Gasteiger partial charge in [0.25, 0.3) is 11.6 Å². The van der Waals surface area contributed by atoms with Gasteiger partial charge >= 0.3 is 0 Å². The van der Waals surface area contributed by atoms with Gasteiger partial charge in [-0.2, -0.15) is 0 Å². The SMILES string of the molecule is Cl.O=C(Nc1nc2ccc(C3=NCCN3)cc2s1)c1sc2cc([N+](=O)[O-])ccc2c1Cl. The Morgan fingerprint density at radius 1 is 1.19 bits per heavy atom. The lowest BCUT2D eigenvalue weighted by Gasteiger charge is -2.01. The lowest BCUT2D eigenvalue weighted by molar-refractivity contribution is -0.384. The highest BCUT2D eigenvalue weighted by Gasteiger charge is 2.20. The van der Waals surface area contributed by atoms with Crippen LogP contribution < -0.4 is 10.6 Å². The molecule has 0 saturated carbocycles. The molecule has 3 heterocycles. The van der Waals surface area contributed by atoms with Crippen LogP contribution in [-0.4, -0.2) is 34.7 Å². The van der Waals surface area contributed by atoms with E-state index in [9.17, 15) is 14.9 Å². The summed E-state index contributed by atoms with van der Waals surface area (Å²) < 4.78 is 1.51. The molecule has 12 heteroatoms. The minimum atomic E-state index is -0.477. The van der Waals surface area contributed by atoms with Crippen LogP contribution in [-0.2, 0) is 0 Å². The lowest BCUT2D eigenvalue weighted by Crippen LogP contribution is -2.19. The topological polar surface area (TPSA) is 110 Å². The number of nitrogens with one attached hydrogen (secondary N) is 2. The van der Waals surface area contributed by atoms with Crippen molar-refractivity contribution in [1.29, 1.82) is 0 Å². The number of aliphatic imine (C=N–C) groups is 1. The van der Waals surface area contributed by atoms with Crippen LogP contribution in [0.4, 0.5) is 10.8 Å². The predicted octanol–water partition coefficient (Wildman–Crippen LogP) is 5.10. The number of thiophene rings is 1. The van der Waals surface area contributed by atoms with E-state index in [1.165, 1.54) is 23.5 Å². The monoisotopic (exact) mass is 493 g/mol. The van der Waals surface area contributed by atoms with Crippen LogP contribution in [0.15, 0.2) is 41.4 Å². The molecule has 0 bridgehead atoms. The molecule has 1 aliphatic heterocycles. The molecule has 158 valence electrons. The van der Waals surface area contributed by atoms with Gasteiger partial charge < -0.3 is 5.32 Å². The van der Waals surface area contributed by atoms with Crippen LogP contribution in [0.25, 0.3) is 20.3 Å². The van der Waals surface area contributed by atoms with E-state index >= 15 is 0 Å². The molecule has 0 radical (unpaired) electrons. The molecule has 1 aliphatic rings. The highest BCUT2D eigenvalue weighted by atomic mass is 35.5. The van der Waals surface area contributed by atoms with Crippen molar-refractivity contribution in [2.75, 3.05) is 18.4 Å². The van der Waals surface area contributed by atoms with Crippen molar-refractivity contribution >= 4 is 89.5 Å². The fourth-order valence-corrected chi connectivity index (χ4v) is 5.53. The summed E-state index contributed by atoms with van der Waals surface area (Å²) in [6.07, 6.45) is 0. The predicted molar refractivity (Wildman–Crippen MR) is 128 cm³/mol. The number of nitro benzene ring substituents is 1. The number of hydrogen-bond acceptors (Lipinski definition) is 8. The van der Waals surface area contributed by atoms with Crippen molar-refractivity contribution in [2.45, 2.75) is 0 Å². The zero-order valence-electron chi connectivity index (χ0n) is 15.5. The quantitative estimate of drug-likeness (QED) is 0.303. The fourth-order valence-electron chi connectivity index (χ4n) is 3.18. The van der Waals surface area contributed by atoms with Crippen LogP contribution in [0.2, 0.25) is 5.02 Å². The highest BCUT2D eigenvalue weighted by Crippen LogP contribution is 2.38. The average Bonchev–Trinajstić information content (AvgIpc) is 3.45. The number of amidine groups is 1. The van der Waals surface area contributed by atoms with Crippen molar-refractivity contribution in [3.63, 3.8) is 0 Å². The highest BCUT2D eigenvalue weighted by molar-refractivity contribution is 7.23. The minimum Gasteiger partial charge on any atom is -0.368 e. The Hall–Kier alpha value is -2.79. The van der Waals surface area contributed by atoms with Crippen LogP contribution in [0.1, 0.15) is 15.2 Å². The molecule has 0 saturated heterocycles. The molecule has 8 nitrogen and oxygen atoms in total. The molecule has 2 N–H and O–H groups in total. The number of thiazole rings is 1. The van der Waals surface area contributed by atoms with Crippen molar-refractivity contribution in [3.8, 4) is 0 Å². The molecule has 0 unspecified atom stereocenters. The van der Waals surface area contributed by atoms with Gasteiger partial charge in [0.05, 0.1) is 26.7 Å².